The Balaban J connectivity index is 1.59. The Kier molecular flexibility index (Phi) is 6.35. The van der Waals surface area contributed by atoms with Gasteiger partial charge in [0.05, 0.1) is 4.91 Å². The molecule has 0 radical (unpaired) electrons. The Morgan fingerprint density at radius 1 is 1.07 bits per heavy atom. The number of benzene rings is 2. The van der Waals surface area contributed by atoms with Crippen LogP contribution in [0.3, 0.4) is 0 Å². The highest BCUT2D eigenvalue weighted by atomic mass is 32.2. The summed E-state index contributed by atoms with van der Waals surface area (Å²) < 4.78 is 5.32. The quantitative estimate of drug-likeness (QED) is 0.531. The SMILES string of the molecule is C#CCOc1ccc(C=C2SC(=O)N(CCCc3ccccc3)C2=O)cc1. The zero-order chi connectivity index (χ0) is 19.1. The molecule has 0 atom stereocenters. The van der Waals surface area contributed by atoms with E-state index in [0.29, 0.717) is 17.2 Å². The molecule has 1 fully saturated rings. The molecule has 0 aromatic heterocycles. The number of rotatable bonds is 7. The van der Waals surface area contributed by atoms with Crippen molar-refractivity contribution in [3.8, 4) is 18.1 Å². The molecular formula is C22H19NO3S. The summed E-state index contributed by atoms with van der Waals surface area (Å²) in [5.41, 5.74) is 2.03. The number of imide groups is 1. The molecule has 0 N–H and O–H groups in total. The molecule has 2 aromatic rings. The predicted molar refractivity (Wildman–Crippen MR) is 108 cm³/mol. The number of terminal acetylenes is 1. The maximum absolute atomic E-state index is 12.5. The molecule has 1 heterocycles. The van der Waals surface area contributed by atoms with Gasteiger partial charge in [-0.15, -0.1) is 6.42 Å². The van der Waals surface area contributed by atoms with Crippen LogP contribution < -0.4 is 4.74 Å². The Hall–Kier alpha value is -2.97. The summed E-state index contributed by atoms with van der Waals surface area (Å²) in [6.07, 6.45) is 8.47. The minimum atomic E-state index is -0.231. The van der Waals surface area contributed by atoms with Crippen LogP contribution in [0.1, 0.15) is 17.5 Å². The summed E-state index contributed by atoms with van der Waals surface area (Å²) in [6.45, 7) is 0.636. The maximum atomic E-state index is 12.5. The van der Waals surface area contributed by atoms with Crippen molar-refractivity contribution < 1.29 is 14.3 Å². The van der Waals surface area contributed by atoms with Gasteiger partial charge in [0.15, 0.2) is 0 Å². The molecule has 0 saturated carbocycles. The Labute approximate surface area is 163 Å². The average Bonchev–Trinajstić information content (AvgIpc) is 2.95. The van der Waals surface area contributed by atoms with Crippen LogP contribution in [-0.4, -0.2) is 29.2 Å². The van der Waals surface area contributed by atoms with Crippen LogP contribution >= 0.6 is 11.8 Å². The van der Waals surface area contributed by atoms with Crippen molar-refractivity contribution in [3.05, 3.63) is 70.6 Å². The van der Waals surface area contributed by atoms with Crippen molar-refractivity contribution in [3.63, 3.8) is 0 Å². The van der Waals surface area contributed by atoms with E-state index in [-0.39, 0.29) is 17.8 Å². The van der Waals surface area contributed by atoms with Gasteiger partial charge in [-0.05, 0) is 53.9 Å². The summed E-state index contributed by atoms with van der Waals surface area (Å²) in [4.78, 5) is 26.5. The van der Waals surface area contributed by atoms with Crippen molar-refractivity contribution >= 4 is 29.0 Å². The van der Waals surface area contributed by atoms with Crippen LogP contribution in [0.15, 0.2) is 59.5 Å². The fourth-order valence-corrected chi connectivity index (χ4v) is 3.58. The number of nitrogens with zero attached hydrogens (tertiary/aromatic N) is 1. The van der Waals surface area contributed by atoms with Crippen LogP contribution in [0.25, 0.3) is 6.08 Å². The first kappa shape index (κ1) is 18.8. The first-order valence-corrected chi connectivity index (χ1v) is 9.44. The number of hydrogen-bond donors (Lipinski definition) is 0. The number of aryl methyl sites for hydroxylation is 1. The van der Waals surface area contributed by atoms with E-state index >= 15 is 0 Å². The smallest absolute Gasteiger partial charge is 0.293 e. The van der Waals surface area contributed by atoms with Gasteiger partial charge in [-0.1, -0.05) is 48.4 Å². The van der Waals surface area contributed by atoms with Gasteiger partial charge in [0.25, 0.3) is 11.1 Å². The number of carbonyl (C=O) groups excluding carboxylic acids is 2. The average molecular weight is 377 g/mol. The summed E-state index contributed by atoms with van der Waals surface area (Å²) in [6, 6.07) is 17.3. The molecule has 0 unspecified atom stereocenters. The van der Waals surface area contributed by atoms with E-state index in [4.69, 9.17) is 11.2 Å². The van der Waals surface area contributed by atoms with E-state index in [1.165, 1.54) is 10.5 Å². The van der Waals surface area contributed by atoms with Gasteiger partial charge in [-0.2, -0.15) is 0 Å². The normalized spacial score (nSPS) is 15.2. The van der Waals surface area contributed by atoms with E-state index in [1.54, 1.807) is 18.2 Å². The number of thioether (sulfide) groups is 1. The predicted octanol–water partition coefficient (Wildman–Crippen LogP) is 4.37. The molecule has 0 bridgehead atoms. The lowest BCUT2D eigenvalue weighted by atomic mass is 10.1. The lowest BCUT2D eigenvalue weighted by Gasteiger charge is -2.12. The van der Waals surface area contributed by atoms with Crippen molar-refractivity contribution in [2.45, 2.75) is 12.8 Å². The zero-order valence-corrected chi connectivity index (χ0v) is 15.6. The molecule has 1 saturated heterocycles. The molecule has 0 spiro atoms. The van der Waals surface area contributed by atoms with Gasteiger partial charge in [0.1, 0.15) is 12.4 Å². The van der Waals surface area contributed by atoms with Crippen LogP contribution in [0.2, 0.25) is 0 Å². The first-order valence-electron chi connectivity index (χ1n) is 8.63. The third kappa shape index (κ3) is 5.02. The summed E-state index contributed by atoms with van der Waals surface area (Å²) in [7, 11) is 0. The molecule has 3 rings (SSSR count). The first-order chi connectivity index (χ1) is 13.2. The lowest BCUT2D eigenvalue weighted by molar-refractivity contribution is -0.122. The van der Waals surface area contributed by atoms with Crippen molar-refractivity contribution in [1.29, 1.82) is 0 Å². The fraction of sp³-hybridized carbons (Fsp3) is 0.182. The van der Waals surface area contributed by atoms with Gasteiger partial charge in [0.2, 0.25) is 0 Å². The Bertz CT molecular complexity index is 882. The third-order valence-electron chi connectivity index (χ3n) is 4.06. The number of hydrogen-bond acceptors (Lipinski definition) is 4. The van der Waals surface area contributed by atoms with E-state index in [1.807, 2.05) is 42.5 Å². The second kappa shape index (κ2) is 9.11. The minimum Gasteiger partial charge on any atom is -0.481 e. The molecule has 5 heteroatoms. The van der Waals surface area contributed by atoms with Gasteiger partial charge in [-0.3, -0.25) is 14.5 Å². The largest absolute Gasteiger partial charge is 0.481 e. The van der Waals surface area contributed by atoms with Gasteiger partial charge in [0, 0.05) is 6.54 Å². The molecule has 2 aromatic carbocycles. The molecule has 1 aliphatic heterocycles. The minimum absolute atomic E-state index is 0.210. The monoisotopic (exact) mass is 377 g/mol. The number of amides is 2. The highest BCUT2D eigenvalue weighted by Crippen LogP contribution is 2.32. The summed E-state index contributed by atoms with van der Waals surface area (Å²) in [5, 5.41) is -0.215. The van der Waals surface area contributed by atoms with Crippen LogP contribution in [0, 0.1) is 12.3 Å². The Morgan fingerprint density at radius 2 is 1.81 bits per heavy atom. The second-order valence-corrected chi connectivity index (χ2v) is 6.98. The summed E-state index contributed by atoms with van der Waals surface area (Å²) in [5.74, 6) is 2.84. The van der Waals surface area contributed by atoms with Crippen molar-refractivity contribution in [2.24, 2.45) is 0 Å². The highest BCUT2D eigenvalue weighted by molar-refractivity contribution is 8.18. The topological polar surface area (TPSA) is 46.6 Å². The van der Waals surface area contributed by atoms with E-state index in [9.17, 15) is 9.59 Å². The van der Waals surface area contributed by atoms with Crippen molar-refractivity contribution in [2.75, 3.05) is 13.2 Å². The molecule has 2 amide bonds. The van der Waals surface area contributed by atoms with Gasteiger partial charge in [-0.25, -0.2) is 0 Å². The highest BCUT2D eigenvalue weighted by Gasteiger charge is 2.34. The Morgan fingerprint density at radius 3 is 2.52 bits per heavy atom. The molecule has 27 heavy (non-hydrogen) atoms. The molecule has 1 aliphatic rings. The van der Waals surface area contributed by atoms with Crippen LogP contribution in [-0.2, 0) is 11.2 Å². The second-order valence-electron chi connectivity index (χ2n) is 5.98. The summed E-state index contributed by atoms with van der Waals surface area (Å²) >= 11 is 0.982. The maximum Gasteiger partial charge on any atom is 0.293 e. The molecule has 4 nitrogen and oxygen atoms in total. The lowest BCUT2D eigenvalue weighted by Crippen LogP contribution is -2.29. The zero-order valence-electron chi connectivity index (χ0n) is 14.8. The number of carbonyl (C=O) groups is 2. The fourth-order valence-electron chi connectivity index (χ4n) is 2.72. The third-order valence-corrected chi connectivity index (χ3v) is 4.97. The number of ether oxygens (including phenoxy) is 1. The molecular weight excluding hydrogens is 358 g/mol. The van der Waals surface area contributed by atoms with Crippen molar-refractivity contribution in [1.82, 2.24) is 4.90 Å². The molecule has 0 aliphatic carbocycles. The standard InChI is InChI=1S/C22H19NO3S/c1-2-15-26-19-12-10-18(11-13-19)16-20-21(24)23(22(25)27-20)14-6-9-17-7-4-3-5-8-17/h1,3-5,7-8,10-13,16H,6,9,14-15H2. The van der Waals surface area contributed by atoms with E-state index in [0.717, 1.165) is 30.2 Å². The van der Waals surface area contributed by atoms with Crippen LogP contribution in [0.5, 0.6) is 5.75 Å². The van der Waals surface area contributed by atoms with Crippen LogP contribution in [0.4, 0.5) is 4.79 Å². The molecule has 136 valence electrons. The van der Waals surface area contributed by atoms with Gasteiger partial charge >= 0.3 is 0 Å². The van der Waals surface area contributed by atoms with E-state index < -0.39 is 0 Å². The van der Waals surface area contributed by atoms with Gasteiger partial charge < -0.3 is 4.74 Å². The van der Waals surface area contributed by atoms with E-state index in [2.05, 4.69) is 5.92 Å².